The van der Waals surface area contributed by atoms with E-state index in [-0.39, 0.29) is 0 Å². The third-order valence-electron chi connectivity index (χ3n) is 2.97. The van der Waals surface area contributed by atoms with Crippen molar-refractivity contribution in [3.63, 3.8) is 0 Å². The number of carbonyl (C=O) groups is 1. The molecule has 0 heterocycles. The van der Waals surface area contributed by atoms with Crippen LogP contribution in [0.2, 0.25) is 0 Å². The molecule has 0 spiro atoms. The molecule has 0 unspecified atom stereocenters. The average molecular weight is 262 g/mol. The zero-order valence-electron chi connectivity index (χ0n) is 10.3. The monoisotopic (exact) mass is 262 g/mol. The largest absolute Gasteiger partial charge is 0.298 e. The number of carbonyl (C=O) groups excluding carboxylic acids is 1. The molecule has 0 N–H and O–H groups in total. The molecular weight excluding hydrogens is 248 g/mol. The van der Waals surface area contributed by atoms with E-state index in [0.717, 1.165) is 6.29 Å². The average Bonchev–Trinajstić information content (AvgIpc) is 2.37. The summed E-state index contributed by atoms with van der Waals surface area (Å²) in [6, 6.07) is 10.1. The summed E-state index contributed by atoms with van der Waals surface area (Å²) in [5.74, 6) is 0. The highest BCUT2D eigenvalue weighted by molar-refractivity contribution is 7.92. The second-order valence-corrected chi connectivity index (χ2v) is 6.88. The van der Waals surface area contributed by atoms with Gasteiger partial charge in [-0.2, -0.15) is 0 Å². The molecular formula is C14H14O3S. The maximum Gasteiger partial charge on any atom is 0.181 e. The minimum absolute atomic E-state index is 0.290. The number of hydrogen-bond donors (Lipinski definition) is 0. The summed E-state index contributed by atoms with van der Waals surface area (Å²) in [5.41, 5.74) is 0.508. The molecule has 0 aromatic heterocycles. The molecule has 0 radical (unpaired) electrons. The molecule has 4 heteroatoms. The van der Waals surface area contributed by atoms with E-state index in [0.29, 0.717) is 21.2 Å². The number of hydrogen-bond acceptors (Lipinski definition) is 3. The van der Waals surface area contributed by atoms with Crippen LogP contribution in [0.5, 0.6) is 0 Å². The highest BCUT2D eigenvalue weighted by atomic mass is 32.2. The lowest BCUT2D eigenvalue weighted by Gasteiger charge is -2.11. The van der Waals surface area contributed by atoms with Crippen molar-refractivity contribution >= 4 is 26.9 Å². The van der Waals surface area contributed by atoms with Crippen LogP contribution < -0.4 is 0 Å². The molecule has 2 rings (SSSR count). The summed E-state index contributed by atoms with van der Waals surface area (Å²) in [5, 5.41) is 0.799. The Kier molecular flexibility index (Phi) is 3.22. The Labute approximate surface area is 106 Å². The topological polar surface area (TPSA) is 51.2 Å². The Bertz CT molecular complexity index is 700. The number of aldehydes is 1. The van der Waals surface area contributed by atoms with Gasteiger partial charge in [0.25, 0.3) is 0 Å². The molecule has 94 valence electrons. The standard InChI is InChI=1S/C14H14O3S/c1-10(2)18(16,17)14-8-7-11(9-15)12-5-3-4-6-13(12)14/h3-10H,1-2H3. The number of sulfone groups is 1. The SMILES string of the molecule is CC(C)S(=O)(=O)c1ccc(C=O)c2ccccc12. The van der Waals surface area contributed by atoms with E-state index in [1.54, 1.807) is 44.2 Å². The van der Waals surface area contributed by atoms with Crippen molar-refractivity contribution < 1.29 is 13.2 Å². The van der Waals surface area contributed by atoms with E-state index >= 15 is 0 Å². The van der Waals surface area contributed by atoms with Crippen molar-refractivity contribution in [2.45, 2.75) is 24.0 Å². The fourth-order valence-electron chi connectivity index (χ4n) is 1.90. The van der Waals surface area contributed by atoms with Gasteiger partial charge in [-0.15, -0.1) is 0 Å². The Balaban J connectivity index is 2.87. The van der Waals surface area contributed by atoms with Gasteiger partial charge < -0.3 is 0 Å². The van der Waals surface area contributed by atoms with E-state index in [1.807, 2.05) is 0 Å². The molecule has 0 aliphatic rings. The predicted octanol–water partition coefficient (Wildman–Crippen LogP) is 2.83. The molecule has 0 aliphatic heterocycles. The quantitative estimate of drug-likeness (QED) is 0.799. The van der Waals surface area contributed by atoms with Gasteiger partial charge in [0.2, 0.25) is 0 Å². The Morgan fingerprint density at radius 2 is 1.61 bits per heavy atom. The van der Waals surface area contributed by atoms with Crippen molar-refractivity contribution in [3.8, 4) is 0 Å². The molecule has 0 saturated heterocycles. The Morgan fingerprint density at radius 1 is 1.00 bits per heavy atom. The van der Waals surface area contributed by atoms with Crippen LogP contribution >= 0.6 is 0 Å². The predicted molar refractivity (Wildman–Crippen MR) is 71.7 cm³/mol. The van der Waals surface area contributed by atoms with Crippen molar-refractivity contribution in [2.24, 2.45) is 0 Å². The fraction of sp³-hybridized carbons (Fsp3) is 0.214. The smallest absolute Gasteiger partial charge is 0.181 e. The van der Waals surface area contributed by atoms with Gasteiger partial charge in [0.1, 0.15) is 0 Å². The van der Waals surface area contributed by atoms with Gasteiger partial charge in [0.05, 0.1) is 10.1 Å². The van der Waals surface area contributed by atoms with Crippen LogP contribution in [0.25, 0.3) is 10.8 Å². The van der Waals surface area contributed by atoms with Gasteiger partial charge in [-0.1, -0.05) is 24.3 Å². The van der Waals surface area contributed by atoms with Crippen molar-refractivity contribution in [1.29, 1.82) is 0 Å². The van der Waals surface area contributed by atoms with Crippen LogP contribution in [0.15, 0.2) is 41.3 Å². The summed E-state index contributed by atoms with van der Waals surface area (Å²) in [6.45, 7) is 3.30. The maximum atomic E-state index is 12.3. The minimum atomic E-state index is -3.34. The van der Waals surface area contributed by atoms with Crippen LogP contribution in [0.4, 0.5) is 0 Å². The van der Waals surface area contributed by atoms with Gasteiger partial charge in [0.15, 0.2) is 16.1 Å². The zero-order chi connectivity index (χ0) is 13.3. The highest BCUT2D eigenvalue weighted by Crippen LogP contribution is 2.27. The lowest BCUT2D eigenvalue weighted by atomic mass is 10.1. The summed E-state index contributed by atoms with van der Waals surface area (Å²) in [4.78, 5) is 11.3. The molecule has 0 saturated carbocycles. The number of rotatable bonds is 3. The maximum absolute atomic E-state index is 12.3. The minimum Gasteiger partial charge on any atom is -0.298 e. The van der Waals surface area contributed by atoms with E-state index in [1.165, 1.54) is 6.07 Å². The van der Waals surface area contributed by atoms with Crippen molar-refractivity contribution in [3.05, 3.63) is 42.0 Å². The molecule has 3 nitrogen and oxygen atoms in total. The zero-order valence-corrected chi connectivity index (χ0v) is 11.1. The van der Waals surface area contributed by atoms with Crippen molar-refractivity contribution in [2.75, 3.05) is 0 Å². The first kappa shape index (κ1) is 12.8. The first-order valence-corrected chi connectivity index (χ1v) is 7.24. The van der Waals surface area contributed by atoms with E-state index < -0.39 is 15.1 Å². The molecule has 0 aliphatic carbocycles. The van der Waals surface area contributed by atoms with E-state index in [2.05, 4.69) is 0 Å². The molecule has 0 amide bonds. The third-order valence-corrected chi connectivity index (χ3v) is 5.18. The highest BCUT2D eigenvalue weighted by Gasteiger charge is 2.22. The van der Waals surface area contributed by atoms with Crippen molar-refractivity contribution in [1.82, 2.24) is 0 Å². The fourth-order valence-corrected chi connectivity index (χ4v) is 3.15. The normalized spacial score (nSPS) is 11.9. The number of benzene rings is 2. The Hall–Kier alpha value is -1.68. The third kappa shape index (κ3) is 1.93. The summed E-state index contributed by atoms with van der Waals surface area (Å²) in [7, 11) is -3.34. The molecule has 2 aromatic rings. The lowest BCUT2D eigenvalue weighted by molar-refractivity contribution is 0.112. The van der Waals surface area contributed by atoms with Gasteiger partial charge in [-0.05, 0) is 31.4 Å². The molecule has 0 atom stereocenters. The van der Waals surface area contributed by atoms with Gasteiger partial charge in [-0.25, -0.2) is 8.42 Å². The van der Waals surface area contributed by atoms with E-state index in [9.17, 15) is 13.2 Å². The van der Waals surface area contributed by atoms with Crippen LogP contribution in [0.1, 0.15) is 24.2 Å². The summed E-state index contributed by atoms with van der Waals surface area (Å²) in [6.07, 6.45) is 0.744. The summed E-state index contributed by atoms with van der Waals surface area (Å²) >= 11 is 0. The molecule has 0 bridgehead atoms. The second kappa shape index (κ2) is 4.53. The molecule has 18 heavy (non-hydrogen) atoms. The lowest BCUT2D eigenvalue weighted by Crippen LogP contribution is -2.14. The van der Waals surface area contributed by atoms with Crippen LogP contribution in [0, 0.1) is 0 Å². The van der Waals surface area contributed by atoms with Gasteiger partial charge >= 0.3 is 0 Å². The second-order valence-electron chi connectivity index (χ2n) is 4.41. The molecule has 0 fully saturated rings. The van der Waals surface area contributed by atoms with Crippen LogP contribution in [-0.2, 0) is 9.84 Å². The van der Waals surface area contributed by atoms with Crippen LogP contribution in [-0.4, -0.2) is 20.0 Å². The first-order chi connectivity index (χ1) is 8.48. The van der Waals surface area contributed by atoms with E-state index in [4.69, 9.17) is 0 Å². The van der Waals surface area contributed by atoms with Gasteiger partial charge in [-0.3, -0.25) is 4.79 Å². The first-order valence-electron chi connectivity index (χ1n) is 5.69. The van der Waals surface area contributed by atoms with Crippen LogP contribution in [0.3, 0.4) is 0 Å². The molecule has 2 aromatic carbocycles. The number of fused-ring (bicyclic) bond motifs is 1. The Morgan fingerprint density at radius 3 is 2.17 bits per heavy atom. The van der Waals surface area contributed by atoms with Gasteiger partial charge in [0, 0.05) is 10.9 Å². The summed E-state index contributed by atoms with van der Waals surface area (Å²) < 4.78 is 24.5.